The zero-order chi connectivity index (χ0) is 19.6. The van der Waals surface area contributed by atoms with E-state index in [-0.39, 0.29) is 24.0 Å². The standard InChI is InChI=1S/C21H32N4O2.HI/c1-5-16(6-2)19-12-18(27-25-19)13-23-21(22-7-3)24-14-20(26)17-10-8-15(4)9-11-17;/h8-12,16,20,26H,5-7,13-14H2,1-4H3,(H2,22,23,24);1H. The van der Waals surface area contributed by atoms with Gasteiger partial charge in [-0.1, -0.05) is 48.8 Å². The summed E-state index contributed by atoms with van der Waals surface area (Å²) in [6, 6.07) is 9.88. The average Bonchev–Trinajstić information content (AvgIpc) is 3.14. The van der Waals surface area contributed by atoms with E-state index in [2.05, 4.69) is 34.6 Å². The molecule has 0 saturated heterocycles. The number of nitrogens with zero attached hydrogens (tertiary/aromatic N) is 2. The van der Waals surface area contributed by atoms with Crippen LogP contribution in [0.4, 0.5) is 0 Å². The zero-order valence-corrected chi connectivity index (χ0v) is 19.6. The molecule has 1 aromatic carbocycles. The predicted octanol–water partition coefficient (Wildman–Crippen LogP) is 4.29. The first kappa shape index (κ1) is 24.4. The summed E-state index contributed by atoms with van der Waals surface area (Å²) in [6.07, 6.45) is 1.50. The van der Waals surface area contributed by atoms with Crippen LogP contribution >= 0.6 is 24.0 Å². The Labute approximate surface area is 185 Å². The maximum Gasteiger partial charge on any atom is 0.191 e. The van der Waals surface area contributed by atoms with Gasteiger partial charge in [-0.15, -0.1) is 24.0 Å². The summed E-state index contributed by atoms with van der Waals surface area (Å²) in [5.74, 6) is 1.82. The van der Waals surface area contributed by atoms with E-state index in [1.54, 1.807) is 0 Å². The highest BCUT2D eigenvalue weighted by Gasteiger charge is 2.13. The normalized spacial score (nSPS) is 12.6. The largest absolute Gasteiger partial charge is 0.387 e. The Kier molecular flexibility index (Phi) is 11.1. The monoisotopic (exact) mass is 500 g/mol. The zero-order valence-electron chi connectivity index (χ0n) is 17.2. The van der Waals surface area contributed by atoms with Gasteiger partial charge in [0.05, 0.1) is 11.8 Å². The van der Waals surface area contributed by atoms with Crippen molar-refractivity contribution in [1.82, 2.24) is 15.8 Å². The second kappa shape index (κ2) is 12.8. The van der Waals surface area contributed by atoms with E-state index in [9.17, 15) is 5.11 Å². The van der Waals surface area contributed by atoms with Crippen molar-refractivity contribution in [2.75, 3.05) is 13.1 Å². The number of guanidine groups is 1. The molecule has 2 rings (SSSR count). The van der Waals surface area contributed by atoms with Gasteiger partial charge in [0.2, 0.25) is 0 Å². The van der Waals surface area contributed by atoms with E-state index in [1.807, 2.05) is 44.2 Å². The predicted molar refractivity (Wildman–Crippen MR) is 124 cm³/mol. The van der Waals surface area contributed by atoms with Crippen LogP contribution in [0.5, 0.6) is 0 Å². The smallest absolute Gasteiger partial charge is 0.191 e. The van der Waals surface area contributed by atoms with Crippen molar-refractivity contribution in [2.24, 2.45) is 4.99 Å². The third-order valence-corrected chi connectivity index (χ3v) is 4.64. The second-order valence-corrected chi connectivity index (χ2v) is 6.73. The third kappa shape index (κ3) is 7.43. The van der Waals surface area contributed by atoms with Gasteiger partial charge >= 0.3 is 0 Å². The Bertz CT molecular complexity index is 711. The van der Waals surface area contributed by atoms with Gasteiger partial charge in [0.15, 0.2) is 11.7 Å². The summed E-state index contributed by atoms with van der Waals surface area (Å²) in [5.41, 5.74) is 3.06. The van der Waals surface area contributed by atoms with Crippen molar-refractivity contribution in [3.8, 4) is 0 Å². The lowest BCUT2D eigenvalue weighted by Gasteiger charge is -2.15. The van der Waals surface area contributed by atoms with E-state index >= 15 is 0 Å². The van der Waals surface area contributed by atoms with Gasteiger partial charge < -0.3 is 20.3 Å². The number of hydrogen-bond donors (Lipinski definition) is 3. The molecule has 2 aromatic rings. The van der Waals surface area contributed by atoms with Crippen molar-refractivity contribution in [3.63, 3.8) is 0 Å². The van der Waals surface area contributed by atoms with Gasteiger partial charge in [-0.05, 0) is 32.3 Å². The number of hydrogen-bond acceptors (Lipinski definition) is 4. The van der Waals surface area contributed by atoms with E-state index in [0.717, 1.165) is 36.4 Å². The van der Waals surface area contributed by atoms with E-state index in [1.165, 1.54) is 5.56 Å². The minimum atomic E-state index is -0.596. The van der Waals surface area contributed by atoms with Crippen molar-refractivity contribution >= 4 is 29.9 Å². The molecule has 0 spiro atoms. The van der Waals surface area contributed by atoms with Crippen molar-refractivity contribution < 1.29 is 9.63 Å². The van der Waals surface area contributed by atoms with Crippen LogP contribution in [-0.4, -0.2) is 29.3 Å². The van der Waals surface area contributed by atoms with E-state index < -0.39 is 6.10 Å². The molecule has 1 heterocycles. The lowest BCUT2D eigenvalue weighted by molar-refractivity contribution is 0.181. The van der Waals surface area contributed by atoms with Gasteiger partial charge in [0.1, 0.15) is 6.54 Å². The summed E-state index contributed by atoms with van der Waals surface area (Å²) < 4.78 is 5.42. The Balaban J connectivity index is 0.00000392. The Morgan fingerprint density at radius 1 is 1.14 bits per heavy atom. The molecular weight excluding hydrogens is 467 g/mol. The fraction of sp³-hybridized carbons (Fsp3) is 0.524. The first-order valence-electron chi connectivity index (χ1n) is 9.79. The van der Waals surface area contributed by atoms with Crippen molar-refractivity contribution in [2.45, 2.75) is 59.1 Å². The molecule has 1 atom stereocenters. The summed E-state index contributed by atoms with van der Waals surface area (Å²) in [7, 11) is 0. The molecule has 0 saturated carbocycles. The summed E-state index contributed by atoms with van der Waals surface area (Å²) in [5, 5.41) is 20.9. The van der Waals surface area contributed by atoms with Crippen LogP contribution in [0.25, 0.3) is 0 Å². The average molecular weight is 500 g/mol. The molecule has 0 aliphatic carbocycles. The van der Waals surface area contributed by atoms with Crippen molar-refractivity contribution in [1.29, 1.82) is 0 Å². The van der Waals surface area contributed by atoms with Gasteiger partial charge in [0, 0.05) is 25.1 Å². The quantitative estimate of drug-likeness (QED) is 0.272. The maximum atomic E-state index is 10.4. The molecule has 28 heavy (non-hydrogen) atoms. The Morgan fingerprint density at radius 3 is 2.43 bits per heavy atom. The number of aliphatic hydroxyl groups excluding tert-OH is 1. The highest BCUT2D eigenvalue weighted by Crippen LogP contribution is 2.22. The van der Waals surface area contributed by atoms with Gasteiger partial charge in [-0.3, -0.25) is 0 Å². The highest BCUT2D eigenvalue weighted by atomic mass is 127. The number of aliphatic hydroxyl groups is 1. The minimum absolute atomic E-state index is 0. The molecule has 0 amide bonds. The van der Waals surface area contributed by atoms with Gasteiger partial charge in [0.25, 0.3) is 0 Å². The van der Waals surface area contributed by atoms with Crippen LogP contribution in [0.2, 0.25) is 0 Å². The maximum absolute atomic E-state index is 10.4. The number of aromatic nitrogens is 1. The fourth-order valence-corrected chi connectivity index (χ4v) is 2.90. The summed E-state index contributed by atoms with van der Waals surface area (Å²) in [6.45, 7) is 9.88. The molecule has 1 unspecified atom stereocenters. The van der Waals surface area contributed by atoms with E-state index in [4.69, 9.17) is 4.52 Å². The lowest BCUT2D eigenvalue weighted by atomic mass is 9.99. The summed E-state index contributed by atoms with van der Waals surface area (Å²) in [4.78, 5) is 4.54. The molecule has 156 valence electrons. The lowest BCUT2D eigenvalue weighted by Crippen LogP contribution is -2.39. The summed E-state index contributed by atoms with van der Waals surface area (Å²) >= 11 is 0. The molecule has 7 heteroatoms. The first-order valence-corrected chi connectivity index (χ1v) is 9.79. The highest BCUT2D eigenvalue weighted by molar-refractivity contribution is 14.0. The third-order valence-electron chi connectivity index (χ3n) is 4.64. The molecular formula is C21H33IN4O2. The second-order valence-electron chi connectivity index (χ2n) is 6.73. The van der Waals surface area contributed by atoms with Crippen LogP contribution in [-0.2, 0) is 6.54 Å². The minimum Gasteiger partial charge on any atom is -0.387 e. The molecule has 3 N–H and O–H groups in total. The SMILES string of the molecule is CCNC(=NCc1cc(C(CC)CC)no1)NCC(O)c1ccc(C)cc1.I. The molecule has 0 fully saturated rings. The molecule has 6 nitrogen and oxygen atoms in total. The topological polar surface area (TPSA) is 82.7 Å². The molecule has 0 bridgehead atoms. The van der Waals surface area contributed by atoms with Crippen LogP contribution in [0.3, 0.4) is 0 Å². The molecule has 1 aromatic heterocycles. The number of aryl methyl sites for hydroxylation is 1. The van der Waals surface area contributed by atoms with Gasteiger partial charge in [-0.2, -0.15) is 0 Å². The van der Waals surface area contributed by atoms with Crippen molar-refractivity contribution in [3.05, 3.63) is 52.9 Å². The molecule has 0 aliphatic heterocycles. The van der Waals surface area contributed by atoms with Crippen LogP contribution < -0.4 is 10.6 Å². The van der Waals surface area contributed by atoms with Crippen LogP contribution in [0.1, 0.15) is 68.2 Å². The van der Waals surface area contributed by atoms with Crippen LogP contribution in [0, 0.1) is 6.92 Å². The van der Waals surface area contributed by atoms with Gasteiger partial charge in [-0.25, -0.2) is 4.99 Å². The first-order chi connectivity index (χ1) is 13.1. The number of benzene rings is 1. The molecule has 0 radical (unpaired) electrons. The number of nitrogens with one attached hydrogen (secondary N) is 2. The number of rotatable bonds is 9. The Hall–Kier alpha value is -1.61. The van der Waals surface area contributed by atoms with Crippen LogP contribution in [0.15, 0.2) is 39.8 Å². The Morgan fingerprint density at radius 2 is 1.82 bits per heavy atom. The number of halogens is 1. The molecule has 0 aliphatic rings. The van der Waals surface area contributed by atoms with E-state index in [0.29, 0.717) is 25.0 Å². The fourth-order valence-electron chi connectivity index (χ4n) is 2.90. The number of aliphatic imine (C=N–C) groups is 1.